The standard InChI is InChI=1S/C17H18N6O2/c1-12-15(8-13(10-18)9-16(12)23(24)25)21-14-4-2-7-22(11-14)17-19-5-3-6-20-17/h3,5-6,8-9,14,21H,2,4,7,11H2,1H3/t14-/m1/s1. The van der Waals surface area contributed by atoms with Gasteiger partial charge in [0.25, 0.3) is 5.69 Å². The Morgan fingerprint density at radius 2 is 2.16 bits per heavy atom. The highest BCUT2D eigenvalue weighted by molar-refractivity contribution is 5.64. The smallest absolute Gasteiger partial charge is 0.275 e. The molecule has 0 unspecified atom stereocenters. The Balaban J connectivity index is 1.81. The highest BCUT2D eigenvalue weighted by atomic mass is 16.6. The van der Waals surface area contributed by atoms with E-state index in [1.807, 2.05) is 6.07 Å². The molecule has 1 aliphatic heterocycles. The van der Waals surface area contributed by atoms with Crippen molar-refractivity contribution in [1.29, 1.82) is 5.26 Å². The third-order valence-corrected chi connectivity index (χ3v) is 4.32. The van der Waals surface area contributed by atoms with E-state index in [1.165, 1.54) is 6.07 Å². The maximum Gasteiger partial charge on any atom is 0.275 e. The lowest BCUT2D eigenvalue weighted by Crippen LogP contribution is -2.43. The van der Waals surface area contributed by atoms with Crippen LogP contribution >= 0.6 is 0 Å². The van der Waals surface area contributed by atoms with Crippen LogP contribution in [0.1, 0.15) is 24.0 Å². The van der Waals surface area contributed by atoms with Crippen molar-refractivity contribution in [2.75, 3.05) is 23.3 Å². The molecule has 25 heavy (non-hydrogen) atoms. The molecule has 2 heterocycles. The Hall–Kier alpha value is -3.21. The lowest BCUT2D eigenvalue weighted by molar-refractivity contribution is -0.385. The maximum absolute atomic E-state index is 11.2. The average molecular weight is 338 g/mol. The molecule has 8 nitrogen and oxygen atoms in total. The first kappa shape index (κ1) is 16.6. The minimum absolute atomic E-state index is 0.0411. The van der Waals surface area contributed by atoms with Gasteiger partial charge in [-0.1, -0.05) is 0 Å². The van der Waals surface area contributed by atoms with Gasteiger partial charge in [0.1, 0.15) is 0 Å². The summed E-state index contributed by atoms with van der Waals surface area (Å²) in [7, 11) is 0. The van der Waals surface area contributed by atoms with Crippen LogP contribution in [0.15, 0.2) is 30.6 Å². The van der Waals surface area contributed by atoms with E-state index in [-0.39, 0.29) is 17.3 Å². The van der Waals surface area contributed by atoms with E-state index in [0.29, 0.717) is 23.7 Å². The number of rotatable bonds is 4. The van der Waals surface area contributed by atoms with Gasteiger partial charge in [0.05, 0.1) is 16.6 Å². The van der Waals surface area contributed by atoms with Crippen molar-refractivity contribution >= 4 is 17.3 Å². The zero-order valence-corrected chi connectivity index (χ0v) is 13.8. The summed E-state index contributed by atoms with van der Waals surface area (Å²) in [5, 5.41) is 23.7. The van der Waals surface area contributed by atoms with Crippen molar-refractivity contribution < 1.29 is 4.92 Å². The van der Waals surface area contributed by atoms with Crippen LogP contribution in [0, 0.1) is 28.4 Å². The summed E-state index contributed by atoms with van der Waals surface area (Å²) in [4.78, 5) is 21.4. The fraction of sp³-hybridized carbons (Fsp3) is 0.353. The summed E-state index contributed by atoms with van der Waals surface area (Å²) in [6, 6.07) is 6.84. The number of nitrogens with one attached hydrogen (secondary N) is 1. The predicted molar refractivity (Wildman–Crippen MR) is 93.4 cm³/mol. The fourth-order valence-electron chi connectivity index (χ4n) is 3.05. The number of nitrogens with zero attached hydrogens (tertiary/aromatic N) is 5. The summed E-state index contributed by atoms with van der Waals surface area (Å²) in [5.41, 5.74) is 1.41. The average Bonchev–Trinajstić information content (AvgIpc) is 2.64. The molecule has 2 aromatic rings. The Bertz CT molecular complexity index is 818. The van der Waals surface area contributed by atoms with Gasteiger partial charge in [-0.2, -0.15) is 5.26 Å². The van der Waals surface area contributed by atoms with Crippen molar-refractivity contribution in [2.24, 2.45) is 0 Å². The van der Waals surface area contributed by atoms with Crippen molar-refractivity contribution in [2.45, 2.75) is 25.8 Å². The second-order valence-corrected chi connectivity index (χ2v) is 6.02. The van der Waals surface area contributed by atoms with Crippen LogP contribution in [0.25, 0.3) is 0 Å². The first-order chi connectivity index (χ1) is 12.1. The highest BCUT2D eigenvalue weighted by Crippen LogP contribution is 2.29. The molecule has 3 rings (SSSR count). The van der Waals surface area contributed by atoms with Gasteiger partial charge >= 0.3 is 0 Å². The van der Waals surface area contributed by atoms with Crippen LogP contribution in [-0.4, -0.2) is 34.0 Å². The van der Waals surface area contributed by atoms with Crippen LogP contribution in [0.2, 0.25) is 0 Å². The molecule has 0 aliphatic carbocycles. The van der Waals surface area contributed by atoms with E-state index >= 15 is 0 Å². The topological polar surface area (TPSA) is 108 Å². The SMILES string of the molecule is Cc1c(N[C@@H]2CCCN(c3ncccn3)C2)cc(C#N)cc1[N+](=O)[O-]. The maximum atomic E-state index is 11.2. The van der Waals surface area contributed by atoms with E-state index in [4.69, 9.17) is 5.26 Å². The lowest BCUT2D eigenvalue weighted by atomic mass is 10.0. The molecular weight excluding hydrogens is 320 g/mol. The third-order valence-electron chi connectivity index (χ3n) is 4.32. The number of nitro benzene ring substituents is 1. The molecule has 0 bridgehead atoms. The molecule has 8 heteroatoms. The van der Waals surface area contributed by atoms with Gasteiger partial charge in [0, 0.05) is 48.8 Å². The van der Waals surface area contributed by atoms with Gasteiger partial charge < -0.3 is 10.2 Å². The van der Waals surface area contributed by atoms with Gasteiger partial charge in [-0.15, -0.1) is 0 Å². The molecule has 1 aliphatic rings. The van der Waals surface area contributed by atoms with Crippen molar-refractivity contribution in [1.82, 2.24) is 9.97 Å². The third kappa shape index (κ3) is 3.66. The van der Waals surface area contributed by atoms with E-state index in [0.717, 1.165) is 19.4 Å². The summed E-state index contributed by atoms with van der Waals surface area (Å²) < 4.78 is 0. The summed E-state index contributed by atoms with van der Waals surface area (Å²) in [5.74, 6) is 0.683. The number of hydrogen-bond acceptors (Lipinski definition) is 7. The Labute approximate surface area is 145 Å². The van der Waals surface area contributed by atoms with Gasteiger partial charge in [0.15, 0.2) is 0 Å². The van der Waals surface area contributed by atoms with Crippen LogP contribution < -0.4 is 10.2 Å². The summed E-state index contributed by atoms with van der Waals surface area (Å²) in [6.45, 7) is 3.27. The number of piperidine rings is 1. The number of anilines is 2. The number of nitriles is 1. The Morgan fingerprint density at radius 1 is 1.40 bits per heavy atom. The number of hydrogen-bond donors (Lipinski definition) is 1. The van der Waals surface area contributed by atoms with Crippen molar-refractivity contribution in [3.8, 4) is 6.07 Å². The van der Waals surface area contributed by atoms with Crippen molar-refractivity contribution in [3.63, 3.8) is 0 Å². The summed E-state index contributed by atoms with van der Waals surface area (Å²) in [6.07, 6.45) is 5.33. The molecule has 0 saturated carbocycles. The normalized spacial score (nSPS) is 17.0. The fourth-order valence-corrected chi connectivity index (χ4v) is 3.05. The Kier molecular flexibility index (Phi) is 4.75. The Morgan fingerprint density at radius 3 is 2.84 bits per heavy atom. The molecule has 1 aromatic carbocycles. The molecule has 1 saturated heterocycles. The van der Waals surface area contributed by atoms with Crippen LogP contribution in [0.5, 0.6) is 0 Å². The van der Waals surface area contributed by atoms with Gasteiger partial charge in [0.2, 0.25) is 5.95 Å². The first-order valence-corrected chi connectivity index (χ1v) is 8.06. The molecule has 1 atom stereocenters. The van der Waals surface area contributed by atoms with Crippen LogP contribution in [-0.2, 0) is 0 Å². The molecule has 0 amide bonds. The van der Waals surface area contributed by atoms with Gasteiger partial charge in [-0.05, 0) is 31.9 Å². The molecule has 1 aromatic heterocycles. The highest BCUT2D eigenvalue weighted by Gasteiger charge is 2.24. The van der Waals surface area contributed by atoms with Crippen molar-refractivity contribution in [3.05, 3.63) is 51.8 Å². The summed E-state index contributed by atoms with van der Waals surface area (Å²) >= 11 is 0. The van der Waals surface area contributed by atoms with Gasteiger partial charge in [-0.3, -0.25) is 10.1 Å². The molecule has 1 N–H and O–H groups in total. The zero-order valence-electron chi connectivity index (χ0n) is 13.8. The molecular formula is C17H18N6O2. The quantitative estimate of drug-likeness (QED) is 0.674. The molecule has 0 radical (unpaired) electrons. The van der Waals surface area contributed by atoms with E-state index in [9.17, 15) is 10.1 Å². The number of nitro groups is 1. The van der Waals surface area contributed by atoms with E-state index in [1.54, 1.807) is 31.5 Å². The van der Waals surface area contributed by atoms with Gasteiger partial charge in [-0.25, -0.2) is 9.97 Å². The molecule has 128 valence electrons. The van der Waals surface area contributed by atoms with Crippen LogP contribution in [0.3, 0.4) is 0 Å². The van der Waals surface area contributed by atoms with E-state index in [2.05, 4.69) is 20.2 Å². The predicted octanol–water partition coefficient (Wildman–Crippen LogP) is 2.65. The van der Waals surface area contributed by atoms with E-state index < -0.39 is 4.92 Å². The number of benzene rings is 1. The zero-order chi connectivity index (χ0) is 17.8. The first-order valence-electron chi connectivity index (χ1n) is 8.06. The molecule has 1 fully saturated rings. The van der Waals surface area contributed by atoms with Crippen LogP contribution in [0.4, 0.5) is 17.3 Å². The monoisotopic (exact) mass is 338 g/mol. The molecule has 0 spiro atoms. The second-order valence-electron chi connectivity index (χ2n) is 6.02. The lowest BCUT2D eigenvalue weighted by Gasteiger charge is -2.33. The largest absolute Gasteiger partial charge is 0.380 e. The minimum Gasteiger partial charge on any atom is -0.380 e. The number of aromatic nitrogens is 2. The second kappa shape index (κ2) is 7.13. The minimum atomic E-state index is -0.452.